The molecule has 0 aliphatic rings. The van der Waals surface area contributed by atoms with Crippen LogP contribution < -0.4 is 0 Å². The third-order valence-corrected chi connectivity index (χ3v) is 2.94. The van der Waals surface area contributed by atoms with Gasteiger partial charge in [0.2, 0.25) is 0 Å². The molecule has 0 rings (SSSR count). The topological polar surface area (TPSA) is 61.8 Å². The van der Waals surface area contributed by atoms with Crippen LogP contribution in [0.5, 0.6) is 0 Å². The lowest BCUT2D eigenvalue weighted by molar-refractivity contribution is -0.156. The lowest BCUT2D eigenvalue weighted by atomic mass is 10.1. The number of hydrogen-bond donors (Lipinski definition) is 0. The van der Waals surface area contributed by atoms with Crippen molar-refractivity contribution in [3.63, 3.8) is 0 Å². The summed E-state index contributed by atoms with van der Waals surface area (Å²) in [5.41, 5.74) is 0. The molecule has 0 aliphatic heterocycles. The molecule has 0 N–H and O–H groups in total. The van der Waals surface area contributed by atoms with E-state index in [0.29, 0.717) is 25.0 Å². The van der Waals surface area contributed by atoms with Gasteiger partial charge >= 0.3 is 11.9 Å². The van der Waals surface area contributed by atoms with Gasteiger partial charge in [0.1, 0.15) is 13.2 Å². The summed E-state index contributed by atoms with van der Waals surface area (Å²) in [4.78, 5) is 22.7. The van der Waals surface area contributed by atoms with Crippen LogP contribution in [-0.4, -0.2) is 38.4 Å². The third kappa shape index (κ3) is 13.6. The van der Waals surface area contributed by atoms with Gasteiger partial charge in [0.05, 0.1) is 13.2 Å². The predicted molar refractivity (Wildman–Crippen MR) is 80.9 cm³/mol. The molecular weight excluding hydrogens is 272 g/mol. The predicted octanol–water partition coefficient (Wildman–Crippen LogP) is 2.96. The number of carbonyl (C=O) groups excluding carboxylic acids is 2. The first-order valence-corrected chi connectivity index (χ1v) is 7.84. The summed E-state index contributed by atoms with van der Waals surface area (Å²) >= 11 is 0. The van der Waals surface area contributed by atoms with E-state index in [4.69, 9.17) is 14.2 Å². The largest absolute Gasteiger partial charge is 0.464 e. The second-order valence-corrected chi connectivity index (χ2v) is 5.83. The zero-order chi connectivity index (χ0) is 16.1. The standard InChI is InChI=1S/C16H30O5/c1-5-7-14(4)10-21-16(18)12-19-11-15(17)20-9-6-8-13(2)3/h13-14H,5-12H2,1-4H3. The lowest BCUT2D eigenvalue weighted by Crippen LogP contribution is -2.20. The fraction of sp³-hybridized carbons (Fsp3) is 0.875. The minimum absolute atomic E-state index is 0.207. The van der Waals surface area contributed by atoms with Crippen LogP contribution in [0.3, 0.4) is 0 Å². The molecule has 0 heterocycles. The van der Waals surface area contributed by atoms with Crippen molar-refractivity contribution in [1.29, 1.82) is 0 Å². The van der Waals surface area contributed by atoms with Crippen molar-refractivity contribution in [2.24, 2.45) is 11.8 Å². The van der Waals surface area contributed by atoms with E-state index in [2.05, 4.69) is 20.8 Å². The van der Waals surface area contributed by atoms with Crippen molar-refractivity contribution in [1.82, 2.24) is 0 Å². The van der Waals surface area contributed by atoms with Gasteiger partial charge in [0, 0.05) is 0 Å². The van der Waals surface area contributed by atoms with E-state index in [0.717, 1.165) is 25.7 Å². The molecule has 0 bridgehead atoms. The van der Waals surface area contributed by atoms with Gasteiger partial charge in [-0.25, -0.2) is 9.59 Å². The Kier molecular flexibility index (Phi) is 12.0. The molecule has 5 heteroatoms. The molecule has 0 radical (unpaired) electrons. The molecule has 1 atom stereocenters. The molecule has 0 aromatic rings. The van der Waals surface area contributed by atoms with E-state index >= 15 is 0 Å². The molecule has 1 unspecified atom stereocenters. The summed E-state index contributed by atoms with van der Waals surface area (Å²) in [5, 5.41) is 0. The van der Waals surface area contributed by atoms with E-state index in [1.165, 1.54) is 0 Å². The molecule has 0 amide bonds. The van der Waals surface area contributed by atoms with Gasteiger partial charge < -0.3 is 14.2 Å². The highest BCUT2D eigenvalue weighted by Crippen LogP contribution is 2.05. The Balaban J connectivity index is 3.51. The third-order valence-electron chi connectivity index (χ3n) is 2.94. The fourth-order valence-corrected chi connectivity index (χ4v) is 1.79. The Morgan fingerprint density at radius 2 is 1.57 bits per heavy atom. The first-order chi connectivity index (χ1) is 9.95. The Bertz CT molecular complexity index is 288. The van der Waals surface area contributed by atoms with Crippen molar-refractivity contribution in [2.75, 3.05) is 26.4 Å². The van der Waals surface area contributed by atoms with Crippen LogP contribution in [0.25, 0.3) is 0 Å². The van der Waals surface area contributed by atoms with Crippen molar-refractivity contribution in [2.45, 2.75) is 53.4 Å². The highest BCUT2D eigenvalue weighted by Gasteiger charge is 2.09. The number of carbonyl (C=O) groups is 2. The Morgan fingerprint density at radius 3 is 2.14 bits per heavy atom. The molecular formula is C16H30O5. The Labute approximate surface area is 128 Å². The average molecular weight is 302 g/mol. The minimum Gasteiger partial charge on any atom is -0.464 e. The molecule has 0 saturated carbocycles. The smallest absolute Gasteiger partial charge is 0.332 e. The van der Waals surface area contributed by atoms with E-state index in [1.807, 2.05) is 6.92 Å². The van der Waals surface area contributed by atoms with Gasteiger partial charge in [-0.1, -0.05) is 34.1 Å². The maximum Gasteiger partial charge on any atom is 0.332 e. The molecule has 0 spiro atoms. The minimum atomic E-state index is -0.439. The van der Waals surface area contributed by atoms with E-state index < -0.39 is 11.9 Å². The van der Waals surface area contributed by atoms with Crippen molar-refractivity contribution in [3.05, 3.63) is 0 Å². The summed E-state index contributed by atoms with van der Waals surface area (Å²) in [6.45, 7) is 8.76. The van der Waals surface area contributed by atoms with Crippen LogP contribution in [0, 0.1) is 11.8 Å². The second kappa shape index (κ2) is 12.6. The Hall–Kier alpha value is -1.10. The molecule has 0 aliphatic carbocycles. The zero-order valence-electron chi connectivity index (χ0n) is 13.9. The van der Waals surface area contributed by atoms with Crippen molar-refractivity contribution >= 4 is 11.9 Å². The van der Waals surface area contributed by atoms with Gasteiger partial charge in [-0.05, 0) is 31.1 Å². The molecule has 0 saturated heterocycles. The summed E-state index contributed by atoms with van der Waals surface area (Å²) in [5.74, 6) is 0.0752. The van der Waals surface area contributed by atoms with Gasteiger partial charge in [0.15, 0.2) is 0 Å². The molecule has 0 aromatic carbocycles. The quantitative estimate of drug-likeness (QED) is 0.410. The SMILES string of the molecule is CCCC(C)COC(=O)COCC(=O)OCCCC(C)C. The fourth-order valence-electron chi connectivity index (χ4n) is 1.79. The number of ether oxygens (including phenoxy) is 3. The Morgan fingerprint density at radius 1 is 0.952 bits per heavy atom. The molecule has 124 valence electrons. The van der Waals surface area contributed by atoms with Crippen LogP contribution >= 0.6 is 0 Å². The van der Waals surface area contributed by atoms with Crippen LogP contribution in [0.1, 0.15) is 53.4 Å². The van der Waals surface area contributed by atoms with E-state index in [1.54, 1.807) is 0 Å². The van der Waals surface area contributed by atoms with E-state index in [9.17, 15) is 9.59 Å². The average Bonchev–Trinajstić information content (AvgIpc) is 2.41. The summed E-state index contributed by atoms with van der Waals surface area (Å²) < 4.78 is 15.0. The van der Waals surface area contributed by atoms with Gasteiger partial charge in [-0.3, -0.25) is 0 Å². The molecule has 5 nitrogen and oxygen atoms in total. The summed E-state index contributed by atoms with van der Waals surface area (Å²) in [7, 11) is 0. The monoisotopic (exact) mass is 302 g/mol. The van der Waals surface area contributed by atoms with Crippen LogP contribution in [0.4, 0.5) is 0 Å². The lowest BCUT2D eigenvalue weighted by Gasteiger charge is -2.11. The highest BCUT2D eigenvalue weighted by atomic mass is 16.6. The highest BCUT2D eigenvalue weighted by molar-refractivity contribution is 5.73. The normalized spacial score (nSPS) is 12.2. The van der Waals surface area contributed by atoms with Gasteiger partial charge in [-0.2, -0.15) is 0 Å². The molecule has 0 aromatic heterocycles. The number of hydrogen-bond acceptors (Lipinski definition) is 5. The van der Waals surface area contributed by atoms with Gasteiger partial charge in [-0.15, -0.1) is 0 Å². The second-order valence-electron chi connectivity index (χ2n) is 5.83. The number of esters is 2. The molecule has 0 fully saturated rings. The van der Waals surface area contributed by atoms with Gasteiger partial charge in [0.25, 0.3) is 0 Å². The summed E-state index contributed by atoms with van der Waals surface area (Å²) in [6.07, 6.45) is 3.96. The molecule has 21 heavy (non-hydrogen) atoms. The van der Waals surface area contributed by atoms with Crippen molar-refractivity contribution < 1.29 is 23.8 Å². The number of rotatable bonds is 12. The maximum atomic E-state index is 11.4. The maximum absolute atomic E-state index is 11.4. The van der Waals surface area contributed by atoms with Crippen LogP contribution in [-0.2, 0) is 23.8 Å². The summed E-state index contributed by atoms with van der Waals surface area (Å²) in [6, 6.07) is 0. The zero-order valence-corrected chi connectivity index (χ0v) is 13.9. The first kappa shape index (κ1) is 19.9. The van der Waals surface area contributed by atoms with E-state index in [-0.39, 0.29) is 13.2 Å². The van der Waals surface area contributed by atoms with Crippen LogP contribution in [0.2, 0.25) is 0 Å². The van der Waals surface area contributed by atoms with Crippen molar-refractivity contribution in [3.8, 4) is 0 Å². The first-order valence-electron chi connectivity index (χ1n) is 7.84. The van der Waals surface area contributed by atoms with Crippen LogP contribution in [0.15, 0.2) is 0 Å².